The zero-order chi connectivity index (χ0) is 16.6. The van der Waals surface area contributed by atoms with Crippen molar-refractivity contribution in [1.29, 1.82) is 0 Å². The lowest BCUT2D eigenvalue weighted by molar-refractivity contribution is 0.825. The Morgan fingerprint density at radius 2 is 1.50 bits per heavy atom. The van der Waals surface area contributed by atoms with Crippen LogP contribution in [0.1, 0.15) is 19.8 Å². The Hall–Kier alpha value is -2.32. The number of unbranched alkanes of at least 4 members (excludes halogenated alkanes) is 1. The second kappa shape index (κ2) is 8.51. The van der Waals surface area contributed by atoms with Gasteiger partial charge in [-0.05, 0) is 17.0 Å². The Bertz CT molecular complexity index is 710. The molecule has 0 bridgehead atoms. The highest BCUT2D eigenvalue weighted by Crippen LogP contribution is 2.30. The van der Waals surface area contributed by atoms with E-state index in [0.717, 1.165) is 25.0 Å². The van der Waals surface area contributed by atoms with Crippen molar-refractivity contribution in [2.24, 2.45) is 0 Å². The van der Waals surface area contributed by atoms with Gasteiger partial charge in [-0.1, -0.05) is 74.0 Å². The van der Waals surface area contributed by atoms with Crippen molar-refractivity contribution in [3.63, 3.8) is 0 Å². The van der Waals surface area contributed by atoms with Gasteiger partial charge in [0.05, 0.1) is 0 Å². The van der Waals surface area contributed by atoms with Gasteiger partial charge in [0.15, 0.2) is 5.57 Å². The van der Waals surface area contributed by atoms with Crippen LogP contribution in [-0.2, 0) is 0 Å². The topological polar surface area (TPSA) is 50.7 Å². The highest BCUT2D eigenvalue weighted by atomic mass is 31.1. The minimum absolute atomic E-state index is 0.660. The molecule has 0 aliphatic carbocycles. The van der Waals surface area contributed by atoms with Crippen LogP contribution >= 0.6 is 7.92 Å². The van der Waals surface area contributed by atoms with E-state index in [1.54, 1.807) is 6.33 Å². The summed E-state index contributed by atoms with van der Waals surface area (Å²) in [6, 6.07) is 20.9. The molecule has 0 saturated heterocycles. The fourth-order valence-corrected chi connectivity index (χ4v) is 4.45. The van der Waals surface area contributed by atoms with Crippen LogP contribution in [0.15, 0.2) is 67.0 Å². The van der Waals surface area contributed by atoms with E-state index in [-0.39, 0.29) is 0 Å². The predicted octanol–water partition coefficient (Wildman–Crippen LogP) is 2.84. The summed E-state index contributed by atoms with van der Waals surface area (Å²) in [4.78, 5) is 13.4. The summed E-state index contributed by atoms with van der Waals surface area (Å²) in [7, 11) is -0.783. The quantitative estimate of drug-likeness (QED) is 0.532. The monoisotopic (exact) mass is 336 g/mol. The summed E-state index contributed by atoms with van der Waals surface area (Å²) in [6.45, 7) is 3.05. The number of benzene rings is 2. The standard InChI is InChI=1S/C19H21N4P/c1-2-3-14-20-18-21-15-22-19(23-18)24(16-10-6-4-7-11-16)17-12-8-5-9-13-17/h4-13,15H,2-3,14H2,1H3,(H,20,21,22,23). The van der Waals surface area contributed by atoms with Crippen LogP contribution in [-0.4, -0.2) is 21.5 Å². The molecule has 3 aromatic rings. The zero-order valence-electron chi connectivity index (χ0n) is 13.8. The molecular formula is C19H21N4P. The summed E-state index contributed by atoms with van der Waals surface area (Å²) in [6.07, 6.45) is 3.86. The van der Waals surface area contributed by atoms with Crippen LogP contribution < -0.4 is 21.5 Å². The zero-order valence-corrected chi connectivity index (χ0v) is 14.7. The van der Waals surface area contributed by atoms with Gasteiger partial charge in [0.25, 0.3) is 0 Å². The number of hydrogen-bond acceptors (Lipinski definition) is 4. The molecular weight excluding hydrogens is 315 g/mol. The Labute approximate surface area is 144 Å². The first-order valence-electron chi connectivity index (χ1n) is 8.21. The molecule has 1 aromatic heterocycles. The second-order valence-corrected chi connectivity index (χ2v) is 7.50. The lowest BCUT2D eigenvalue weighted by Crippen LogP contribution is -2.26. The van der Waals surface area contributed by atoms with Crippen LogP contribution in [0, 0.1) is 0 Å². The van der Waals surface area contributed by atoms with Gasteiger partial charge in [-0.25, -0.2) is 9.97 Å². The summed E-state index contributed by atoms with van der Waals surface area (Å²) in [5.74, 6) is 0.660. The molecule has 2 aromatic carbocycles. The first-order valence-corrected chi connectivity index (χ1v) is 9.56. The van der Waals surface area contributed by atoms with Crippen molar-refractivity contribution in [2.75, 3.05) is 11.9 Å². The van der Waals surface area contributed by atoms with Gasteiger partial charge < -0.3 is 5.32 Å². The largest absolute Gasteiger partial charge is 0.354 e. The second-order valence-electron chi connectivity index (χ2n) is 5.40. The van der Waals surface area contributed by atoms with Crippen molar-refractivity contribution in [1.82, 2.24) is 15.0 Å². The lowest BCUT2D eigenvalue weighted by atomic mass is 10.3. The Kier molecular flexibility index (Phi) is 5.86. The molecule has 0 amide bonds. The summed E-state index contributed by atoms with van der Waals surface area (Å²) >= 11 is 0. The minimum Gasteiger partial charge on any atom is -0.354 e. The molecule has 0 spiro atoms. The van der Waals surface area contributed by atoms with E-state index in [9.17, 15) is 0 Å². The molecule has 0 saturated carbocycles. The maximum Gasteiger partial charge on any atom is 0.226 e. The van der Waals surface area contributed by atoms with E-state index < -0.39 is 7.92 Å². The van der Waals surface area contributed by atoms with Crippen molar-refractivity contribution in [3.05, 3.63) is 67.0 Å². The van der Waals surface area contributed by atoms with Crippen molar-refractivity contribution >= 4 is 30.0 Å². The van der Waals surface area contributed by atoms with Gasteiger partial charge in [-0.15, -0.1) is 0 Å². The maximum absolute atomic E-state index is 4.69. The number of hydrogen-bond donors (Lipinski definition) is 1. The van der Waals surface area contributed by atoms with E-state index >= 15 is 0 Å². The van der Waals surface area contributed by atoms with E-state index in [1.807, 2.05) is 12.1 Å². The molecule has 0 fully saturated rings. The number of nitrogens with one attached hydrogen (secondary N) is 1. The molecule has 4 nitrogen and oxygen atoms in total. The van der Waals surface area contributed by atoms with Gasteiger partial charge in [0.2, 0.25) is 5.95 Å². The smallest absolute Gasteiger partial charge is 0.226 e. The molecule has 1 heterocycles. The van der Waals surface area contributed by atoms with Crippen LogP contribution in [0.5, 0.6) is 0 Å². The fraction of sp³-hybridized carbons (Fsp3) is 0.211. The van der Waals surface area contributed by atoms with Gasteiger partial charge in [-0.3, -0.25) is 0 Å². The first-order chi connectivity index (χ1) is 11.9. The fourth-order valence-electron chi connectivity index (χ4n) is 2.39. The Morgan fingerprint density at radius 1 is 0.875 bits per heavy atom. The van der Waals surface area contributed by atoms with Crippen molar-refractivity contribution in [3.8, 4) is 0 Å². The van der Waals surface area contributed by atoms with E-state index in [2.05, 4.69) is 70.7 Å². The number of aromatic nitrogens is 3. The highest BCUT2D eigenvalue weighted by molar-refractivity contribution is 7.79. The molecule has 24 heavy (non-hydrogen) atoms. The summed E-state index contributed by atoms with van der Waals surface area (Å²) in [5, 5.41) is 5.77. The number of anilines is 1. The molecule has 1 N–H and O–H groups in total. The lowest BCUT2D eigenvalue weighted by Gasteiger charge is -2.17. The molecule has 0 atom stereocenters. The highest BCUT2D eigenvalue weighted by Gasteiger charge is 2.19. The van der Waals surface area contributed by atoms with Gasteiger partial charge in [0, 0.05) is 14.5 Å². The molecule has 122 valence electrons. The normalized spacial score (nSPS) is 10.8. The van der Waals surface area contributed by atoms with Crippen molar-refractivity contribution < 1.29 is 0 Å². The van der Waals surface area contributed by atoms with Gasteiger partial charge in [-0.2, -0.15) is 4.98 Å². The van der Waals surface area contributed by atoms with Crippen LogP contribution in [0.25, 0.3) is 0 Å². The molecule has 0 aliphatic heterocycles. The van der Waals surface area contributed by atoms with Crippen LogP contribution in [0.2, 0.25) is 0 Å². The minimum atomic E-state index is -0.783. The molecule has 0 radical (unpaired) electrons. The number of nitrogens with zero attached hydrogens (tertiary/aromatic N) is 3. The maximum atomic E-state index is 4.69. The van der Waals surface area contributed by atoms with E-state index in [0.29, 0.717) is 5.95 Å². The van der Waals surface area contributed by atoms with Crippen LogP contribution in [0.4, 0.5) is 5.95 Å². The average Bonchev–Trinajstić information content (AvgIpc) is 2.64. The van der Waals surface area contributed by atoms with E-state index in [4.69, 9.17) is 4.98 Å². The molecule has 5 heteroatoms. The van der Waals surface area contributed by atoms with Crippen molar-refractivity contribution in [2.45, 2.75) is 19.8 Å². The van der Waals surface area contributed by atoms with E-state index in [1.165, 1.54) is 10.6 Å². The SMILES string of the molecule is CCCCNc1ncnc(P(c2ccccc2)c2ccccc2)n1. The summed E-state index contributed by atoms with van der Waals surface area (Å²) in [5.41, 5.74) is 0.830. The molecule has 3 rings (SSSR count). The third-order valence-electron chi connectivity index (χ3n) is 3.60. The van der Waals surface area contributed by atoms with Gasteiger partial charge in [0.1, 0.15) is 6.33 Å². The first kappa shape index (κ1) is 16.5. The predicted molar refractivity (Wildman–Crippen MR) is 102 cm³/mol. The third kappa shape index (κ3) is 4.15. The third-order valence-corrected chi connectivity index (χ3v) is 5.85. The number of rotatable bonds is 7. The summed E-state index contributed by atoms with van der Waals surface area (Å²) < 4.78 is 0. The average molecular weight is 336 g/mol. The molecule has 0 aliphatic rings. The molecule has 0 unspecified atom stereocenters. The Morgan fingerprint density at radius 3 is 2.08 bits per heavy atom. The Balaban J connectivity index is 1.96. The van der Waals surface area contributed by atoms with Crippen LogP contribution in [0.3, 0.4) is 0 Å². The van der Waals surface area contributed by atoms with Gasteiger partial charge >= 0.3 is 0 Å².